The van der Waals surface area contributed by atoms with Crippen molar-refractivity contribution in [2.24, 2.45) is 0 Å². The number of oxazole rings is 1. The van der Waals surface area contributed by atoms with Gasteiger partial charge >= 0.3 is 0 Å². The lowest BCUT2D eigenvalue weighted by Crippen LogP contribution is -1.99. The molecule has 0 atom stereocenters. The van der Waals surface area contributed by atoms with Gasteiger partial charge in [0.25, 0.3) is 0 Å². The molecule has 0 aliphatic carbocycles. The number of rotatable bonds is 7. The molecular weight excluding hydrogens is 326 g/mol. The first-order chi connectivity index (χ1) is 12.7. The molecule has 0 unspecified atom stereocenters. The minimum atomic E-state index is 0.249. The molecule has 26 heavy (non-hydrogen) atoms. The number of benzene rings is 2. The molecule has 5 heteroatoms. The van der Waals surface area contributed by atoms with Crippen LogP contribution in [-0.2, 0) is 6.54 Å². The number of anilines is 1. The lowest BCUT2D eigenvalue weighted by atomic mass is 10.1. The summed E-state index contributed by atoms with van der Waals surface area (Å²) in [6.45, 7) is 5.36. The van der Waals surface area contributed by atoms with Crippen molar-refractivity contribution in [1.29, 1.82) is 5.26 Å². The summed E-state index contributed by atoms with van der Waals surface area (Å²) in [4.78, 5) is 4.29. The van der Waals surface area contributed by atoms with Gasteiger partial charge in [0.1, 0.15) is 11.8 Å². The topological polar surface area (TPSA) is 71.1 Å². The number of hydrogen-bond donors (Lipinski definition) is 1. The highest BCUT2D eigenvalue weighted by atomic mass is 16.5. The molecule has 1 heterocycles. The zero-order chi connectivity index (χ0) is 18.4. The molecule has 0 spiro atoms. The highest BCUT2D eigenvalue weighted by Gasteiger charge is 2.14. The van der Waals surface area contributed by atoms with Crippen molar-refractivity contribution in [2.45, 2.75) is 26.8 Å². The Morgan fingerprint density at radius 2 is 1.85 bits per heavy atom. The van der Waals surface area contributed by atoms with E-state index in [2.05, 4.69) is 35.4 Å². The van der Waals surface area contributed by atoms with Crippen molar-refractivity contribution in [1.82, 2.24) is 4.98 Å². The summed E-state index contributed by atoms with van der Waals surface area (Å²) in [5.41, 5.74) is 3.36. The quantitative estimate of drug-likeness (QED) is 0.656. The zero-order valence-electron chi connectivity index (χ0n) is 15.0. The third-order valence-electron chi connectivity index (χ3n) is 3.88. The monoisotopic (exact) mass is 347 g/mol. The minimum absolute atomic E-state index is 0.249. The van der Waals surface area contributed by atoms with Crippen molar-refractivity contribution < 1.29 is 9.15 Å². The third-order valence-corrected chi connectivity index (χ3v) is 3.88. The maximum absolute atomic E-state index is 9.32. The first-order valence-corrected chi connectivity index (χ1v) is 8.63. The Morgan fingerprint density at radius 3 is 2.50 bits per heavy atom. The molecule has 0 saturated heterocycles. The van der Waals surface area contributed by atoms with Crippen LogP contribution in [0.1, 0.15) is 30.2 Å². The molecule has 0 amide bonds. The summed E-state index contributed by atoms with van der Waals surface area (Å²) in [5, 5.41) is 12.5. The number of hydrogen-bond acceptors (Lipinski definition) is 5. The molecule has 0 saturated carbocycles. The molecule has 1 aromatic heterocycles. The van der Waals surface area contributed by atoms with E-state index in [0.717, 1.165) is 23.3 Å². The Bertz CT molecular complexity index is 891. The molecule has 2 aromatic carbocycles. The van der Waals surface area contributed by atoms with Gasteiger partial charge in [-0.2, -0.15) is 10.2 Å². The summed E-state index contributed by atoms with van der Waals surface area (Å²) in [7, 11) is 0. The normalized spacial score (nSPS) is 10.3. The summed E-state index contributed by atoms with van der Waals surface area (Å²) < 4.78 is 11.3. The Labute approximate surface area is 153 Å². The predicted molar refractivity (Wildman–Crippen MR) is 101 cm³/mol. The van der Waals surface area contributed by atoms with Crippen molar-refractivity contribution >= 4 is 5.88 Å². The second-order valence-corrected chi connectivity index (χ2v) is 6.02. The average molecular weight is 347 g/mol. The van der Waals surface area contributed by atoms with E-state index >= 15 is 0 Å². The van der Waals surface area contributed by atoms with Gasteiger partial charge in [0.15, 0.2) is 0 Å². The summed E-state index contributed by atoms with van der Waals surface area (Å²) >= 11 is 0. The smallest absolute Gasteiger partial charge is 0.232 e. The van der Waals surface area contributed by atoms with E-state index in [1.165, 1.54) is 5.56 Å². The first-order valence-electron chi connectivity index (χ1n) is 8.63. The predicted octanol–water partition coefficient (Wildman–Crippen LogP) is 4.92. The average Bonchev–Trinajstić information content (AvgIpc) is 3.09. The number of aromatic nitrogens is 1. The van der Waals surface area contributed by atoms with Crippen LogP contribution in [0.15, 0.2) is 52.9 Å². The maximum atomic E-state index is 9.32. The Balaban J connectivity index is 1.73. The van der Waals surface area contributed by atoms with E-state index in [0.29, 0.717) is 24.9 Å². The van der Waals surface area contributed by atoms with Crippen LogP contribution in [-0.4, -0.2) is 11.6 Å². The van der Waals surface area contributed by atoms with Crippen LogP contribution in [0.4, 0.5) is 5.88 Å². The fourth-order valence-corrected chi connectivity index (χ4v) is 2.44. The van der Waals surface area contributed by atoms with Crippen molar-refractivity contribution in [3.05, 3.63) is 65.4 Å². The molecule has 3 rings (SSSR count). The highest BCUT2D eigenvalue weighted by molar-refractivity contribution is 5.59. The number of ether oxygens (including phenoxy) is 1. The van der Waals surface area contributed by atoms with E-state index in [-0.39, 0.29) is 5.69 Å². The van der Waals surface area contributed by atoms with Crippen LogP contribution in [0.5, 0.6) is 5.75 Å². The van der Waals surface area contributed by atoms with E-state index in [4.69, 9.17) is 9.15 Å². The standard InChI is InChI=1S/C21H21N3O2/c1-3-12-25-18-10-8-17(9-11-18)20-24-19(13-22)21(26-20)23-14-16-6-4-15(2)5-7-16/h4-11,23H,3,12,14H2,1-2H3. The van der Waals surface area contributed by atoms with Crippen molar-refractivity contribution in [2.75, 3.05) is 11.9 Å². The van der Waals surface area contributed by atoms with E-state index in [1.54, 1.807) is 0 Å². The van der Waals surface area contributed by atoms with Gasteiger partial charge in [-0.3, -0.25) is 0 Å². The molecule has 0 radical (unpaired) electrons. The SMILES string of the molecule is CCCOc1ccc(-c2nc(C#N)c(NCc3ccc(C)cc3)o2)cc1. The Morgan fingerprint density at radius 1 is 1.12 bits per heavy atom. The van der Waals surface area contributed by atoms with Crippen LogP contribution in [0.2, 0.25) is 0 Å². The second kappa shape index (κ2) is 8.21. The van der Waals surface area contributed by atoms with Crippen LogP contribution >= 0.6 is 0 Å². The number of nitrogens with zero attached hydrogens (tertiary/aromatic N) is 2. The highest BCUT2D eigenvalue weighted by Crippen LogP contribution is 2.27. The summed E-state index contributed by atoms with van der Waals surface area (Å²) in [5.74, 6) is 1.60. The van der Waals surface area contributed by atoms with E-state index in [9.17, 15) is 5.26 Å². The van der Waals surface area contributed by atoms with Crippen LogP contribution in [0.3, 0.4) is 0 Å². The van der Waals surface area contributed by atoms with Gasteiger partial charge in [0, 0.05) is 12.1 Å². The molecule has 3 aromatic rings. The summed E-state index contributed by atoms with van der Waals surface area (Å²) in [6.07, 6.45) is 0.961. The van der Waals surface area contributed by atoms with Crippen molar-refractivity contribution in [3.8, 4) is 23.3 Å². The van der Waals surface area contributed by atoms with Crippen LogP contribution < -0.4 is 10.1 Å². The third kappa shape index (κ3) is 4.22. The Kier molecular flexibility index (Phi) is 5.55. The Hall–Kier alpha value is -3.26. The van der Waals surface area contributed by atoms with E-state index in [1.807, 2.05) is 43.3 Å². The fourth-order valence-electron chi connectivity index (χ4n) is 2.44. The van der Waals surface area contributed by atoms with E-state index < -0.39 is 0 Å². The van der Waals surface area contributed by atoms with Gasteiger partial charge in [-0.05, 0) is 43.2 Å². The summed E-state index contributed by atoms with van der Waals surface area (Å²) in [6, 6.07) is 17.8. The lowest BCUT2D eigenvalue weighted by molar-refractivity contribution is 0.317. The van der Waals surface area contributed by atoms with Crippen molar-refractivity contribution in [3.63, 3.8) is 0 Å². The largest absolute Gasteiger partial charge is 0.494 e. The first kappa shape index (κ1) is 17.6. The number of aryl methyl sites for hydroxylation is 1. The van der Waals surface area contributed by atoms with Gasteiger partial charge in [0.05, 0.1) is 6.61 Å². The van der Waals surface area contributed by atoms with Gasteiger partial charge in [-0.15, -0.1) is 0 Å². The minimum Gasteiger partial charge on any atom is -0.494 e. The molecule has 5 nitrogen and oxygen atoms in total. The van der Waals surface area contributed by atoms with Gasteiger partial charge in [-0.1, -0.05) is 36.8 Å². The maximum Gasteiger partial charge on any atom is 0.232 e. The molecular formula is C21H21N3O2. The van der Waals surface area contributed by atoms with Gasteiger partial charge < -0.3 is 14.5 Å². The fraction of sp³-hybridized carbons (Fsp3) is 0.238. The molecule has 1 N–H and O–H groups in total. The molecule has 0 aliphatic rings. The zero-order valence-corrected chi connectivity index (χ0v) is 15.0. The lowest BCUT2D eigenvalue weighted by Gasteiger charge is -2.05. The van der Waals surface area contributed by atoms with Gasteiger partial charge in [0.2, 0.25) is 17.5 Å². The van der Waals surface area contributed by atoms with Crippen LogP contribution in [0, 0.1) is 18.3 Å². The van der Waals surface area contributed by atoms with Gasteiger partial charge in [-0.25, -0.2) is 0 Å². The molecule has 0 aliphatic heterocycles. The molecule has 0 fully saturated rings. The molecule has 132 valence electrons. The number of nitrogens with one attached hydrogen (secondary N) is 1. The number of nitriles is 1. The van der Waals surface area contributed by atoms with Crippen LogP contribution in [0.25, 0.3) is 11.5 Å². The second-order valence-electron chi connectivity index (χ2n) is 6.02. The molecule has 0 bridgehead atoms.